The maximum Gasteiger partial charge on any atom is 0.00952 e. The van der Waals surface area contributed by atoms with E-state index in [0.717, 1.165) is 17.9 Å². The van der Waals surface area contributed by atoms with Crippen LogP contribution in [0.3, 0.4) is 0 Å². The van der Waals surface area contributed by atoms with Crippen molar-refractivity contribution >= 4 is 0 Å². The Hall–Kier alpha value is -0.0800. The monoisotopic (exact) mass is 268 g/mol. The molecule has 114 valence electrons. The molecule has 1 aliphatic rings. The van der Waals surface area contributed by atoms with Crippen molar-refractivity contribution < 1.29 is 0 Å². The van der Waals surface area contributed by atoms with Crippen molar-refractivity contribution in [1.82, 2.24) is 10.2 Å². The zero-order valence-electron chi connectivity index (χ0n) is 13.9. The quantitative estimate of drug-likeness (QED) is 0.718. The molecule has 3 unspecified atom stereocenters. The highest BCUT2D eigenvalue weighted by Crippen LogP contribution is 2.23. The van der Waals surface area contributed by atoms with Gasteiger partial charge in [0.25, 0.3) is 0 Å². The highest BCUT2D eigenvalue weighted by molar-refractivity contribution is 4.81. The molecule has 0 saturated carbocycles. The first-order valence-corrected chi connectivity index (χ1v) is 8.54. The van der Waals surface area contributed by atoms with E-state index in [2.05, 4.69) is 44.8 Å². The molecule has 2 nitrogen and oxygen atoms in total. The van der Waals surface area contributed by atoms with Gasteiger partial charge in [-0.1, -0.05) is 41.0 Å². The highest BCUT2D eigenvalue weighted by Gasteiger charge is 2.25. The van der Waals surface area contributed by atoms with Crippen molar-refractivity contribution in [3.05, 3.63) is 0 Å². The van der Waals surface area contributed by atoms with Crippen LogP contribution in [-0.2, 0) is 0 Å². The van der Waals surface area contributed by atoms with Gasteiger partial charge >= 0.3 is 0 Å². The SMILES string of the molecule is CCC(C)CC(CC)N1CCCC(CNC(C)C)C1. The largest absolute Gasteiger partial charge is 0.314 e. The summed E-state index contributed by atoms with van der Waals surface area (Å²) in [7, 11) is 0. The third-order valence-electron chi connectivity index (χ3n) is 4.72. The van der Waals surface area contributed by atoms with Gasteiger partial charge in [-0.05, 0) is 50.6 Å². The average molecular weight is 268 g/mol. The van der Waals surface area contributed by atoms with E-state index in [9.17, 15) is 0 Å². The lowest BCUT2D eigenvalue weighted by atomic mass is 9.92. The van der Waals surface area contributed by atoms with E-state index in [1.54, 1.807) is 0 Å². The molecule has 0 amide bonds. The second-order valence-corrected chi connectivity index (χ2v) is 6.88. The zero-order chi connectivity index (χ0) is 14.3. The van der Waals surface area contributed by atoms with Crippen LogP contribution in [0.5, 0.6) is 0 Å². The third kappa shape index (κ3) is 6.27. The average Bonchev–Trinajstić information content (AvgIpc) is 2.42. The molecule has 1 aliphatic heterocycles. The number of nitrogens with one attached hydrogen (secondary N) is 1. The van der Waals surface area contributed by atoms with Crippen molar-refractivity contribution in [3.63, 3.8) is 0 Å². The number of hydrogen-bond donors (Lipinski definition) is 1. The van der Waals surface area contributed by atoms with E-state index in [1.807, 2.05) is 0 Å². The minimum atomic E-state index is 0.623. The first-order valence-electron chi connectivity index (χ1n) is 8.54. The number of rotatable bonds is 8. The molecule has 1 rings (SSSR count). The Morgan fingerprint density at radius 2 is 1.89 bits per heavy atom. The molecule has 1 N–H and O–H groups in total. The number of hydrogen-bond acceptors (Lipinski definition) is 2. The van der Waals surface area contributed by atoms with Gasteiger partial charge in [0.1, 0.15) is 0 Å². The van der Waals surface area contributed by atoms with Gasteiger partial charge in [-0.25, -0.2) is 0 Å². The van der Waals surface area contributed by atoms with Crippen LogP contribution >= 0.6 is 0 Å². The predicted molar refractivity (Wildman–Crippen MR) is 85.6 cm³/mol. The minimum absolute atomic E-state index is 0.623. The van der Waals surface area contributed by atoms with Crippen LogP contribution in [0.25, 0.3) is 0 Å². The number of nitrogens with zero attached hydrogens (tertiary/aromatic N) is 1. The van der Waals surface area contributed by atoms with E-state index in [0.29, 0.717) is 6.04 Å². The Morgan fingerprint density at radius 1 is 1.16 bits per heavy atom. The smallest absolute Gasteiger partial charge is 0.00952 e. The van der Waals surface area contributed by atoms with E-state index in [-0.39, 0.29) is 0 Å². The molecule has 0 radical (unpaired) electrons. The van der Waals surface area contributed by atoms with Gasteiger partial charge in [0.15, 0.2) is 0 Å². The molecule has 0 bridgehead atoms. The molecular formula is C17H36N2. The van der Waals surface area contributed by atoms with E-state index in [4.69, 9.17) is 0 Å². The predicted octanol–water partition coefficient (Wildman–Crippen LogP) is 3.91. The molecule has 0 aliphatic carbocycles. The molecule has 0 aromatic rings. The lowest BCUT2D eigenvalue weighted by Gasteiger charge is -2.39. The number of piperidine rings is 1. The minimum Gasteiger partial charge on any atom is -0.314 e. The van der Waals surface area contributed by atoms with Crippen LogP contribution < -0.4 is 5.32 Å². The first kappa shape index (κ1) is 17.0. The van der Waals surface area contributed by atoms with Gasteiger partial charge in [0, 0.05) is 18.6 Å². The third-order valence-corrected chi connectivity index (χ3v) is 4.72. The van der Waals surface area contributed by atoms with Crippen molar-refractivity contribution in [2.45, 2.75) is 78.8 Å². The topological polar surface area (TPSA) is 15.3 Å². The fourth-order valence-electron chi connectivity index (χ4n) is 3.20. The van der Waals surface area contributed by atoms with Gasteiger partial charge in [-0.15, -0.1) is 0 Å². The van der Waals surface area contributed by atoms with Crippen LogP contribution in [0, 0.1) is 11.8 Å². The second kappa shape index (κ2) is 8.97. The van der Waals surface area contributed by atoms with Gasteiger partial charge in [0.05, 0.1) is 0 Å². The molecule has 1 heterocycles. The Bertz CT molecular complexity index is 227. The van der Waals surface area contributed by atoms with Crippen LogP contribution in [0.1, 0.15) is 66.7 Å². The summed E-state index contributed by atoms with van der Waals surface area (Å²) in [6.45, 7) is 15.4. The molecule has 0 spiro atoms. The number of likely N-dealkylation sites (tertiary alicyclic amines) is 1. The summed E-state index contributed by atoms with van der Waals surface area (Å²) < 4.78 is 0. The highest BCUT2D eigenvalue weighted by atomic mass is 15.2. The van der Waals surface area contributed by atoms with Crippen molar-refractivity contribution in [2.24, 2.45) is 11.8 Å². The maximum absolute atomic E-state index is 3.62. The summed E-state index contributed by atoms with van der Waals surface area (Å²) in [4.78, 5) is 2.78. The summed E-state index contributed by atoms with van der Waals surface area (Å²) in [6.07, 6.45) is 6.83. The van der Waals surface area contributed by atoms with Crippen molar-refractivity contribution in [3.8, 4) is 0 Å². The standard InChI is InChI=1S/C17H36N2/c1-6-15(5)11-17(7-2)19-10-8-9-16(13-19)12-18-14(3)4/h14-18H,6-13H2,1-5H3. The Balaban J connectivity index is 2.42. The Kier molecular flexibility index (Phi) is 8.01. The summed E-state index contributed by atoms with van der Waals surface area (Å²) in [5.41, 5.74) is 0. The van der Waals surface area contributed by atoms with E-state index < -0.39 is 0 Å². The lowest BCUT2D eigenvalue weighted by molar-refractivity contribution is 0.103. The molecule has 1 saturated heterocycles. The Morgan fingerprint density at radius 3 is 2.47 bits per heavy atom. The van der Waals surface area contributed by atoms with Crippen LogP contribution in [0.4, 0.5) is 0 Å². The molecule has 0 aromatic heterocycles. The molecule has 3 atom stereocenters. The summed E-state index contributed by atoms with van der Waals surface area (Å²) in [6, 6.07) is 1.44. The summed E-state index contributed by atoms with van der Waals surface area (Å²) >= 11 is 0. The van der Waals surface area contributed by atoms with Crippen molar-refractivity contribution in [2.75, 3.05) is 19.6 Å². The van der Waals surface area contributed by atoms with Gasteiger partial charge < -0.3 is 10.2 Å². The van der Waals surface area contributed by atoms with Crippen LogP contribution in [0.2, 0.25) is 0 Å². The van der Waals surface area contributed by atoms with Crippen LogP contribution in [-0.4, -0.2) is 36.6 Å². The fourth-order valence-corrected chi connectivity index (χ4v) is 3.20. The summed E-state index contributed by atoms with van der Waals surface area (Å²) in [5, 5.41) is 3.62. The zero-order valence-corrected chi connectivity index (χ0v) is 13.9. The normalized spacial score (nSPS) is 24.6. The van der Waals surface area contributed by atoms with Gasteiger partial charge in [-0.2, -0.15) is 0 Å². The second-order valence-electron chi connectivity index (χ2n) is 6.88. The molecule has 19 heavy (non-hydrogen) atoms. The van der Waals surface area contributed by atoms with Crippen molar-refractivity contribution in [1.29, 1.82) is 0 Å². The van der Waals surface area contributed by atoms with Crippen LogP contribution in [0.15, 0.2) is 0 Å². The summed E-state index contributed by atoms with van der Waals surface area (Å²) in [5.74, 6) is 1.74. The van der Waals surface area contributed by atoms with E-state index >= 15 is 0 Å². The first-order chi connectivity index (χ1) is 9.06. The Labute approximate surface area is 121 Å². The lowest BCUT2D eigenvalue weighted by Crippen LogP contribution is -2.46. The van der Waals surface area contributed by atoms with Gasteiger partial charge in [0.2, 0.25) is 0 Å². The maximum atomic E-state index is 3.62. The van der Waals surface area contributed by atoms with Gasteiger partial charge in [-0.3, -0.25) is 0 Å². The molecule has 0 aromatic carbocycles. The fraction of sp³-hybridized carbons (Fsp3) is 1.00. The molecule has 2 heteroatoms. The van der Waals surface area contributed by atoms with E-state index in [1.165, 1.54) is 51.7 Å². The molecule has 1 fully saturated rings. The molecular weight excluding hydrogens is 232 g/mol.